The highest BCUT2D eigenvalue weighted by molar-refractivity contribution is 5.39. The van der Waals surface area contributed by atoms with Gasteiger partial charge in [0.2, 0.25) is 0 Å². The van der Waals surface area contributed by atoms with Crippen molar-refractivity contribution in [3.63, 3.8) is 0 Å². The van der Waals surface area contributed by atoms with Crippen molar-refractivity contribution in [2.45, 2.75) is 52.9 Å². The summed E-state index contributed by atoms with van der Waals surface area (Å²) in [5.74, 6) is 1.57. The Balaban J connectivity index is 2.95. The summed E-state index contributed by atoms with van der Waals surface area (Å²) in [6.45, 7) is 12.6. The molecule has 0 atom stereocenters. The van der Waals surface area contributed by atoms with Crippen LogP contribution in [0.3, 0.4) is 0 Å². The predicted octanol–water partition coefficient (Wildman–Crippen LogP) is 3.91. The van der Waals surface area contributed by atoms with E-state index in [2.05, 4.69) is 52.8 Å². The van der Waals surface area contributed by atoms with Gasteiger partial charge in [-0.15, -0.1) is 0 Å². The van der Waals surface area contributed by atoms with Gasteiger partial charge in [-0.3, -0.25) is 0 Å². The maximum Gasteiger partial charge on any atom is 0.122 e. The summed E-state index contributed by atoms with van der Waals surface area (Å²) in [5, 5.41) is 0. The van der Waals surface area contributed by atoms with Gasteiger partial charge in [0.25, 0.3) is 0 Å². The molecule has 0 aliphatic carbocycles. The normalized spacial score (nSPS) is 11.9. The molecule has 1 rings (SSSR count). The van der Waals surface area contributed by atoms with Crippen LogP contribution in [0.4, 0.5) is 0 Å². The molecule has 2 heteroatoms. The second-order valence-corrected chi connectivity index (χ2v) is 6.67. The fourth-order valence-electron chi connectivity index (χ4n) is 1.93. The molecule has 0 amide bonds. The number of rotatable bonds is 6. The van der Waals surface area contributed by atoms with E-state index in [4.69, 9.17) is 10.5 Å². The molecule has 0 aliphatic rings. The second kappa shape index (κ2) is 6.95. The number of benzene rings is 1. The number of nitrogens with two attached hydrogens (primary N) is 1. The van der Waals surface area contributed by atoms with Gasteiger partial charge in [0.1, 0.15) is 5.75 Å². The number of hydrogen-bond acceptors (Lipinski definition) is 2. The summed E-state index contributed by atoms with van der Waals surface area (Å²) in [6.07, 6.45) is 2.00. The molecule has 2 nitrogen and oxygen atoms in total. The lowest BCUT2D eigenvalue weighted by molar-refractivity contribution is 0.268. The Hall–Kier alpha value is -1.02. The lowest BCUT2D eigenvalue weighted by atomic mass is 9.85. The molecule has 108 valence electrons. The Bertz CT molecular complexity index is 391. The minimum atomic E-state index is 0.175. The molecule has 0 radical (unpaired) electrons. The van der Waals surface area contributed by atoms with E-state index in [9.17, 15) is 0 Å². The monoisotopic (exact) mass is 263 g/mol. The standard InChI is InChI=1S/C17H29NO/c1-13(2)12-19-16-9-8-15(17(3,4)5)11-14(16)7-6-10-18/h8-9,11,13H,6-7,10,12,18H2,1-5H3. The maximum atomic E-state index is 5.92. The van der Waals surface area contributed by atoms with Crippen LogP contribution in [0.15, 0.2) is 18.2 Å². The first kappa shape index (κ1) is 16.0. The smallest absolute Gasteiger partial charge is 0.122 e. The molecule has 0 aromatic heterocycles. The van der Waals surface area contributed by atoms with Crippen LogP contribution in [-0.2, 0) is 11.8 Å². The Labute approximate surface area is 118 Å². The summed E-state index contributed by atoms with van der Waals surface area (Å²) < 4.78 is 5.92. The fourth-order valence-corrected chi connectivity index (χ4v) is 1.93. The van der Waals surface area contributed by atoms with E-state index in [1.807, 2.05) is 0 Å². The van der Waals surface area contributed by atoms with Crippen LogP contribution in [0.1, 0.15) is 52.2 Å². The van der Waals surface area contributed by atoms with Crippen LogP contribution in [0, 0.1) is 5.92 Å². The van der Waals surface area contributed by atoms with E-state index in [-0.39, 0.29) is 5.41 Å². The van der Waals surface area contributed by atoms with E-state index < -0.39 is 0 Å². The molecule has 1 aromatic rings. The zero-order valence-corrected chi connectivity index (χ0v) is 13.1. The molecule has 0 aliphatic heterocycles. The minimum absolute atomic E-state index is 0.175. The van der Waals surface area contributed by atoms with E-state index in [0.29, 0.717) is 5.92 Å². The van der Waals surface area contributed by atoms with Crippen molar-refractivity contribution >= 4 is 0 Å². The highest BCUT2D eigenvalue weighted by atomic mass is 16.5. The zero-order chi connectivity index (χ0) is 14.5. The van der Waals surface area contributed by atoms with Crippen LogP contribution in [0.5, 0.6) is 5.75 Å². The van der Waals surface area contributed by atoms with E-state index in [0.717, 1.165) is 31.7 Å². The van der Waals surface area contributed by atoms with E-state index >= 15 is 0 Å². The first-order valence-corrected chi connectivity index (χ1v) is 7.31. The van der Waals surface area contributed by atoms with Gasteiger partial charge < -0.3 is 10.5 Å². The van der Waals surface area contributed by atoms with Crippen LogP contribution in [0.2, 0.25) is 0 Å². The highest BCUT2D eigenvalue weighted by Crippen LogP contribution is 2.29. The van der Waals surface area contributed by atoms with Crippen molar-refractivity contribution < 1.29 is 4.74 Å². The van der Waals surface area contributed by atoms with Crippen LogP contribution < -0.4 is 10.5 Å². The van der Waals surface area contributed by atoms with Crippen molar-refractivity contribution in [1.82, 2.24) is 0 Å². The molecule has 1 aromatic carbocycles. The van der Waals surface area contributed by atoms with Crippen LogP contribution in [-0.4, -0.2) is 13.2 Å². The Kier molecular flexibility index (Phi) is 5.86. The zero-order valence-electron chi connectivity index (χ0n) is 13.1. The summed E-state index contributed by atoms with van der Waals surface area (Å²) in [5.41, 5.74) is 8.45. The van der Waals surface area contributed by atoms with E-state index in [1.165, 1.54) is 11.1 Å². The summed E-state index contributed by atoms with van der Waals surface area (Å²) in [7, 11) is 0. The van der Waals surface area contributed by atoms with E-state index in [1.54, 1.807) is 0 Å². The molecule has 19 heavy (non-hydrogen) atoms. The van der Waals surface area contributed by atoms with Crippen molar-refractivity contribution in [1.29, 1.82) is 0 Å². The van der Waals surface area contributed by atoms with Crippen molar-refractivity contribution in [2.75, 3.05) is 13.2 Å². The summed E-state index contributed by atoms with van der Waals surface area (Å²) >= 11 is 0. The van der Waals surface area contributed by atoms with Gasteiger partial charge in [0, 0.05) is 0 Å². The number of ether oxygens (including phenoxy) is 1. The summed E-state index contributed by atoms with van der Waals surface area (Å²) in [4.78, 5) is 0. The maximum absolute atomic E-state index is 5.92. The predicted molar refractivity (Wildman–Crippen MR) is 82.9 cm³/mol. The largest absolute Gasteiger partial charge is 0.493 e. The molecule has 0 saturated carbocycles. The Morgan fingerprint density at radius 2 is 1.89 bits per heavy atom. The van der Waals surface area contributed by atoms with Gasteiger partial charge in [-0.25, -0.2) is 0 Å². The lowest BCUT2D eigenvalue weighted by Gasteiger charge is -2.22. The van der Waals surface area contributed by atoms with Gasteiger partial charge in [-0.05, 0) is 47.9 Å². The summed E-state index contributed by atoms with van der Waals surface area (Å²) in [6, 6.07) is 6.59. The first-order valence-electron chi connectivity index (χ1n) is 7.31. The highest BCUT2D eigenvalue weighted by Gasteiger charge is 2.16. The molecule has 0 heterocycles. The molecule has 2 N–H and O–H groups in total. The SMILES string of the molecule is CC(C)COc1ccc(C(C)(C)C)cc1CCCN. The first-order chi connectivity index (χ1) is 8.84. The van der Waals surface area contributed by atoms with Crippen molar-refractivity contribution in [3.8, 4) is 5.75 Å². The third kappa shape index (κ3) is 5.23. The van der Waals surface area contributed by atoms with Gasteiger partial charge in [-0.1, -0.05) is 46.8 Å². The molecule has 0 saturated heterocycles. The second-order valence-electron chi connectivity index (χ2n) is 6.67. The van der Waals surface area contributed by atoms with Crippen LogP contribution >= 0.6 is 0 Å². The third-order valence-corrected chi connectivity index (χ3v) is 3.15. The van der Waals surface area contributed by atoms with Gasteiger partial charge >= 0.3 is 0 Å². The topological polar surface area (TPSA) is 35.2 Å². The average molecular weight is 263 g/mol. The Morgan fingerprint density at radius 1 is 1.21 bits per heavy atom. The van der Waals surface area contributed by atoms with Gasteiger partial charge in [0.05, 0.1) is 6.61 Å². The molecular weight excluding hydrogens is 234 g/mol. The molecule has 0 spiro atoms. The van der Waals surface area contributed by atoms with Crippen molar-refractivity contribution in [2.24, 2.45) is 11.7 Å². The van der Waals surface area contributed by atoms with Crippen LogP contribution in [0.25, 0.3) is 0 Å². The number of aryl methyl sites for hydroxylation is 1. The average Bonchev–Trinajstić information content (AvgIpc) is 2.32. The quantitative estimate of drug-likeness (QED) is 0.844. The van der Waals surface area contributed by atoms with Gasteiger partial charge in [-0.2, -0.15) is 0 Å². The molecular formula is C17H29NO. The van der Waals surface area contributed by atoms with Crippen molar-refractivity contribution in [3.05, 3.63) is 29.3 Å². The van der Waals surface area contributed by atoms with Gasteiger partial charge in [0.15, 0.2) is 0 Å². The number of hydrogen-bond donors (Lipinski definition) is 1. The molecule has 0 bridgehead atoms. The Morgan fingerprint density at radius 3 is 2.42 bits per heavy atom. The third-order valence-electron chi connectivity index (χ3n) is 3.15. The molecule has 0 fully saturated rings. The molecule has 0 unspecified atom stereocenters. The minimum Gasteiger partial charge on any atom is -0.493 e. The lowest BCUT2D eigenvalue weighted by Crippen LogP contribution is -2.13. The fraction of sp³-hybridized carbons (Fsp3) is 0.647.